The number of nitrogens with two attached hydrogens (primary N) is 1. The van der Waals surface area contributed by atoms with Crippen molar-refractivity contribution in [1.29, 1.82) is 0 Å². The lowest BCUT2D eigenvalue weighted by atomic mass is 10.2. The maximum atomic E-state index is 11.9. The van der Waals surface area contributed by atoms with Gasteiger partial charge in [-0.25, -0.2) is 0 Å². The summed E-state index contributed by atoms with van der Waals surface area (Å²) in [5.41, 5.74) is 6.62. The minimum Gasteiger partial charge on any atom is -0.346 e. The summed E-state index contributed by atoms with van der Waals surface area (Å²) in [6.07, 6.45) is 3.88. The van der Waals surface area contributed by atoms with Crippen LogP contribution in [0.25, 0.3) is 0 Å². The number of pyridine rings is 1. The van der Waals surface area contributed by atoms with Crippen molar-refractivity contribution in [2.45, 2.75) is 32.2 Å². The van der Waals surface area contributed by atoms with E-state index in [1.54, 1.807) is 18.1 Å². The molecule has 1 atom stereocenters. The molecule has 0 bridgehead atoms. The molecule has 6 heteroatoms. The molecule has 1 heterocycles. The number of carbonyl (C=O) groups is 2. The highest BCUT2D eigenvalue weighted by molar-refractivity contribution is 5.87. The Morgan fingerprint density at radius 2 is 2.19 bits per heavy atom. The van der Waals surface area contributed by atoms with E-state index >= 15 is 0 Å². The number of amides is 2. The summed E-state index contributed by atoms with van der Waals surface area (Å²) in [5, 5.41) is 2.58. The van der Waals surface area contributed by atoms with E-state index in [-0.39, 0.29) is 18.4 Å². The van der Waals surface area contributed by atoms with Crippen molar-refractivity contribution in [2.24, 2.45) is 5.73 Å². The predicted octanol–water partition coefficient (Wildman–Crippen LogP) is 0.326. The lowest BCUT2D eigenvalue weighted by Crippen LogP contribution is -2.45. The molecule has 0 saturated carbocycles. The van der Waals surface area contributed by atoms with Crippen LogP contribution in [0.1, 0.15) is 25.5 Å². The SMILES string of the molecule is CCCC(N)C(=O)NCC(=O)N(C)CCc1ccccn1. The Hall–Kier alpha value is -1.95. The molecule has 1 aromatic heterocycles. The summed E-state index contributed by atoms with van der Waals surface area (Å²) in [7, 11) is 1.71. The first kappa shape index (κ1) is 17.1. The highest BCUT2D eigenvalue weighted by Gasteiger charge is 2.15. The van der Waals surface area contributed by atoms with E-state index in [0.717, 1.165) is 12.1 Å². The van der Waals surface area contributed by atoms with E-state index in [1.165, 1.54) is 0 Å². The third-order valence-corrected chi connectivity index (χ3v) is 3.21. The van der Waals surface area contributed by atoms with Crippen molar-refractivity contribution < 1.29 is 9.59 Å². The van der Waals surface area contributed by atoms with Crippen molar-refractivity contribution in [2.75, 3.05) is 20.1 Å². The first-order valence-electron chi connectivity index (χ1n) is 7.21. The molecule has 0 aliphatic heterocycles. The van der Waals surface area contributed by atoms with Gasteiger partial charge in [0.25, 0.3) is 0 Å². The summed E-state index contributed by atoms with van der Waals surface area (Å²) in [5.74, 6) is -0.411. The Kier molecular flexibility index (Phi) is 7.39. The van der Waals surface area contributed by atoms with E-state index in [4.69, 9.17) is 5.73 Å². The van der Waals surface area contributed by atoms with Crippen LogP contribution in [-0.4, -0.2) is 47.9 Å². The highest BCUT2D eigenvalue weighted by Crippen LogP contribution is 1.97. The maximum Gasteiger partial charge on any atom is 0.241 e. The highest BCUT2D eigenvalue weighted by atomic mass is 16.2. The molecule has 1 unspecified atom stereocenters. The van der Waals surface area contributed by atoms with Crippen LogP contribution < -0.4 is 11.1 Å². The molecule has 1 aromatic rings. The zero-order valence-electron chi connectivity index (χ0n) is 12.7. The average Bonchev–Trinajstić information content (AvgIpc) is 2.51. The first-order valence-corrected chi connectivity index (χ1v) is 7.21. The summed E-state index contributed by atoms with van der Waals surface area (Å²) >= 11 is 0. The minimum absolute atomic E-state index is 0.0189. The molecule has 0 fully saturated rings. The number of rotatable bonds is 8. The zero-order valence-corrected chi connectivity index (χ0v) is 12.7. The minimum atomic E-state index is -0.540. The molecule has 21 heavy (non-hydrogen) atoms. The van der Waals surface area contributed by atoms with Crippen LogP contribution in [0.5, 0.6) is 0 Å². The Labute approximate surface area is 125 Å². The third-order valence-electron chi connectivity index (χ3n) is 3.21. The van der Waals surface area contributed by atoms with Crippen LogP contribution in [0.2, 0.25) is 0 Å². The Balaban J connectivity index is 2.29. The zero-order chi connectivity index (χ0) is 15.7. The van der Waals surface area contributed by atoms with Crippen LogP contribution in [0.15, 0.2) is 24.4 Å². The molecule has 0 aromatic carbocycles. The van der Waals surface area contributed by atoms with Crippen molar-refractivity contribution >= 4 is 11.8 Å². The van der Waals surface area contributed by atoms with Crippen LogP contribution in [0.3, 0.4) is 0 Å². The van der Waals surface area contributed by atoms with Crippen molar-refractivity contribution in [1.82, 2.24) is 15.2 Å². The van der Waals surface area contributed by atoms with Gasteiger partial charge in [-0.15, -0.1) is 0 Å². The van der Waals surface area contributed by atoms with Gasteiger partial charge in [-0.3, -0.25) is 14.6 Å². The van der Waals surface area contributed by atoms with E-state index in [0.29, 0.717) is 19.4 Å². The summed E-state index contributed by atoms with van der Waals surface area (Å²) < 4.78 is 0. The fourth-order valence-electron chi connectivity index (χ4n) is 1.82. The Bertz CT molecular complexity index is 450. The second-order valence-corrected chi connectivity index (χ2v) is 5.00. The van der Waals surface area contributed by atoms with Crippen LogP contribution in [0.4, 0.5) is 0 Å². The lowest BCUT2D eigenvalue weighted by molar-refractivity contribution is -0.132. The van der Waals surface area contributed by atoms with Crippen molar-refractivity contribution in [3.05, 3.63) is 30.1 Å². The standard InChI is InChI=1S/C15H24N4O2/c1-3-6-13(16)15(21)18-11-14(20)19(2)10-8-12-7-4-5-9-17-12/h4-5,7,9,13H,3,6,8,10-11,16H2,1-2H3,(H,18,21). The quantitative estimate of drug-likeness (QED) is 0.722. The van der Waals surface area contributed by atoms with E-state index in [2.05, 4.69) is 10.3 Å². The van der Waals surface area contributed by atoms with Crippen LogP contribution >= 0.6 is 0 Å². The van der Waals surface area contributed by atoms with Crippen LogP contribution in [0, 0.1) is 0 Å². The number of nitrogens with zero attached hydrogens (tertiary/aromatic N) is 2. The van der Waals surface area contributed by atoms with Gasteiger partial charge in [-0.1, -0.05) is 19.4 Å². The smallest absolute Gasteiger partial charge is 0.241 e. The summed E-state index contributed by atoms with van der Waals surface area (Å²) in [6, 6.07) is 5.15. The van der Waals surface area contributed by atoms with Gasteiger partial charge in [0.1, 0.15) is 0 Å². The molecular formula is C15H24N4O2. The largest absolute Gasteiger partial charge is 0.346 e. The third kappa shape index (κ3) is 6.35. The second-order valence-electron chi connectivity index (χ2n) is 5.00. The van der Waals surface area contributed by atoms with Gasteiger partial charge in [0.15, 0.2) is 0 Å². The van der Waals surface area contributed by atoms with Crippen molar-refractivity contribution in [3.63, 3.8) is 0 Å². The van der Waals surface area contributed by atoms with Gasteiger partial charge >= 0.3 is 0 Å². The lowest BCUT2D eigenvalue weighted by Gasteiger charge is -2.18. The number of hydrogen-bond acceptors (Lipinski definition) is 4. The molecule has 0 aliphatic rings. The molecule has 1 rings (SSSR count). The topological polar surface area (TPSA) is 88.3 Å². The fraction of sp³-hybridized carbons (Fsp3) is 0.533. The number of likely N-dealkylation sites (N-methyl/N-ethyl adjacent to an activating group) is 1. The fourth-order valence-corrected chi connectivity index (χ4v) is 1.82. The number of nitrogens with one attached hydrogen (secondary N) is 1. The van der Waals surface area contributed by atoms with E-state index < -0.39 is 6.04 Å². The Morgan fingerprint density at radius 1 is 1.43 bits per heavy atom. The molecule has 0 saturated heterocycles. The monoisotopic (exact) mass is 292 g/mol. The predicted molar refractivity (Wildman–Crippen MR) is 81.5 cm³/mol. The van der Waals surface area contributed by atoms with E-state index in [9.17, 15) is 9.59 Å². The number of aromatic nitrogens is 1. The molecular weight excluding hydrogens is 268 g/mol. The van der Waals surface area contributed by atoms with Gasteiger partial charge in [0.2, 0.25) is 11.8 Å². The summed E-state index contributed by atoms with van der Waals surface area (Å²) in [6.45, 7) is 2.51. The van der Waals surface area contributed by atoms with Gasteiger partial charge in [0, 0.05) is 31.9 Å². The molecule has 6 nitrogen and oxygen atoms in total. The molecule has 0 spiro atoms. The second kappa shape index (κ2) is 9.07. The molecule has 0 aliphatic carbocycles. The molecule has 3 N–H and O–H groups in total. The number of hydrogen-bond donors (Lipinski definition) is 2. The first-order chi connectivity index (χ1) is 10.0. The van der Waals surface area contributed by atoms with Crippen molar-refractivity contribution in [3.8, 4) is 0 Å². The molecule has 2 amide bonds. The maximum absolute atomic E-state index is 11.9. The van der Waals surface area contributed by atoms with E-state index in [1.807, 2.05) is 25.1 Å². The van der Waals surface area contributed by atoms with Gasteiger partial charge in [-0.2, -0.15) is 0 Å². The summed E-state index contributed by atoms with van der Waals surface area (Å²) in [4.78, 5) is 29.3. The normalized spacial score (nSPS) is 11.8. The van der Waals surface area contributed by atoms with Gasteiger partial charge < -0.3 is 16.0 Å². The molecule has 0 radical (unpaired) electrons. The van der Waals surface area contributed by atoms with Gasteiger partial charge in [0.05, 0.1) is 12.6 Å². The number of carbonyl (C=O) groups excluding carboxylic acids is 2. The van der Waals surface area contributed by atoms with Gasteiger partial charge in [-0.05, 0) is 18.6 Å². The average molecular weight is 292 g/mol. The Morgan fingerprint density at radius 3 is 2.81 bits per heavy atom. The van der Waals surface area contributed by atoms with Crippen LogP contribution in [-0.2, 0) is 16.0 Å². The molecule has 116 valence electrons.